The molecule has 2 aromatic carbocycles. The normalized spacial score (nSPS) is 11.5. The lowest BCUT2D eigenvalue weighted by Gasteiger charge is -2.16. The van der Waals surface area contributed by atoms with Gasteiger partial charge in [0, 0.05) is 25.7 Å². The molecule has 6 heteroatoms. The zero-order valence-electron chi connectivity index (χ0n) is 19.2. The molecule has 162 valence electrons. The van der Waals surface area contributed by atoms with Crippen molar-refractivity contribution in [3.05, 3.63) is 75.1 Å². The minimum Gasteiger partial charge on any atom is -0.493 e. The molecule has 0 aliphatic heterocycles. The third-order valence-electron chi connectivity index (χ3n) is 5.46. The summed E-state index contributed by atoms with van der Waals surface area (Å²) < 4.78 is 14.1. The van der Waals surface area contributed by atoms with Crippen LogP contribution in [-0.4, -0.2) is 23.4 Å². The molecule has 1 heterocycles. The Morgan fingerprint density at radius 2 is 1.48 bits per heavy atom. The standard InChI is InChI=1S/C25H29N3O3/c1-9-18-12-21(30-7)22(31-8)13-19(18)20-14-23(28(6)25(29)27(20)5)26-24-16(3)10-15(2)11-17(24)4/h9-14H,1H2,2-8H3. The molecule has 0 radical (unpaired) electrons. The molecular formula is C25H29N3O3. The molecule has 0 spiro atoms. The van der Waals surface area contributed by atoms with Crippen LogP contribution in [0.15, 0.2) is 46.7 Å². The van der Waals surface area contributed by atoms with Gasteiger partial charge in [0.25, 0.3) is 0 Å². The van der Waals surface area contributed by atoms with Crippen molar-refractivity contribution in [2.24, 2.45) is 19.1 Å². The van der Waals surface area contributed by atoms with Crippen LogP contribution in [0.3, 0.4) is 0 Å². The van der Waals surface area contributed by atoms with Crippen LogP contribution in [0.4, 0.5) is 5.69 Å². The molecule has 0 fully saturated rings. The molecule has 3 aromatic rings. The van der Waals surface area contributed by atoms with Crippen LogP contribution in [0, 0.1) is 20.8 Å². The molecule has 0 atom stereocenters. The number of methoxy groups -OCH3 is 2. The van der Waals surface area contributed by atoms with Gasteiger partial charge in [0.1, 0.15) is 5.49 Å². The van der Waals surface area contributed by atoms with Crippen LogP contribution < -0.4 is 20.7 Å². The van der Waals surface area contributed by atoms with Crippen molar-refractivity contribution in [1.82, 2.24) is 9.13 Å². The maximum atomic E-state index is 13.1. The van der Waals surface area contributed by atoms with Crippen LogP contribution in [-0.2, 0) is 14.1 Å². The largest absolute Gasteiger partial charge is 0.493 e. The van der Waals surface area contributed by atoms with Crippen molar-refractivity contribution >= 4 is 11.8 Å². The molecule has 6 nitrogen and oxygen atoms in total. The molecule has 0 unspecified atom stereocenters. The van der Waals surface area contributed by atoms with Crippen LogP contribution in [0.25, 0.3) is 17.3 Å². The van der Waals surface area contributed by atoms with Crippen molar-refractivity contribution in [3.63, 3.8) is 0 Å². The second-order valence-electron chi connectivity index (χ2n) is 7.65. The third-order valence-corrected chi connectivity index (χ3v) is 5.46. The Kier molecular flexibility index (Phi) is 6.20. The topological polar surface area (TPSA) is 57.8 Å². The van der Waals surface area contributed by atoms with E-state index < -0.39 is 0 Å². The van der Waals surface area contributed by atoms with E-state index >= 15 is 0 Å². The van der Waals surface area contributed by atoms with Gasteiger partial charge in [-0.2, -0.15) is 0 Å². The monoisotopic (exact) mass is 419 g/mol. The molecule has 3 rings (SSSR count). The minimum atomic E-state index is -0.177. The molecular weight excluding hydrogens is 390 g/mol. The van der Waals surface area contributed by atoms with E-state index in [1.165, 1.54) is 5.56 Å². The van der Waals surface area contributed by atoms with E-state index in [-0.39, 0.29) is 5.69 Å². The predicted octanol–water partition coefficient (Wildman–Crippen LogP) is 4.21. The molecule has 31 heavy (non-hydrogen) atoms. The SMILES string of the molecule is C=Cc1cc(OC)c(OC)cc1-c1cc(=Nc2c(C)cc(C)cc2C)n(C)c(=O)n1C. The fraction of sp³-hybridized carbons (Fsp3) is 0.280. The number of nitrogens with zero attached hydrogens (tertiary/aromatic N) is 3. The summed E-state index contributed by atoms with van der Waals surface area (Å²) in [6.07, 6.45) is 1.74. The second-order valence-corrected chi connectivity index (χ2v) is 7.65. The Balaban J connectivity index is 2.37. The summed E-state index contributed by atoms with van der Waals surface area (Å²) in [6, 6.07) is 9.81. The number of rotatable bonds is 5. The number of hydrogen-bond acceptors (Lipinski definition) is 4. The first kappa shape index (κ1) is 22.2. The summed E-state index contributed by atoms with van der Waals surface area (Å²) in [6.45, 7) is 10.1. The molecule has 0 bridgehead atoms. The van der Waals surface area contributed by atoms with Gasteiger partial charge in [-0.15, -0.1) is 0 Å². The summed E-state index contributed by atoms with van der Waals surface area (Å²) in [4.78, 5) is 17.9. The van der Waals surface area contributed by atoms with Gasteiger partial charge in [0.15, 0.2) is 11.5 Å². The van der Waals surface area contributed by atoms with Crippen molar-refractivity contribution < 1.29 is 9.47 Å². The Hall–Kier alpha value is -3.54. The van der Waals surface area contributed by atoms with Crippen LogP contribution >= 0.6 is 0 Å². The Morgan fingerprint density at radius 1 is 0.903 bits per heavy atom. The molecule has 0 aliphatic rings. The third kappa shape index (κ3) is 4.06. The van der Waals surface area contributed by atoms with Crippen LogP contribution in [0.5, 0.6) is 11.5 Å². The van der Waals surface area contributed by atoms with Crippen molar-refractivity contribution in [3.8, 4) is 22.8 Å². The minimum absolute atomic E-state index is 0.177. The van der Waals surface area contributed by atoms with Crippen LogP contribution in [0.1, 0.15) is 22.3 Å². The predicted molar refractivity (Wildman–Crippen MR) is 125 cm³/mol. The number of aryl methyl sites for hydroxylation is 3. The fourth-order valence-corrected chi connectivity index (χ4v) is 3.86. The summed E-state index contributed by atoms with van der Waals surface area (Å²) in [7, 11) is 6.65. The molecule has 0 saturated carbocycles. The maximum absolute atomic E-state index is 13.1. The highest BCUT2D eigenvalue weighted by Crippen LogP contribution is 2.35. The summed E-state index contributed by atoms with van der Waals surface area (Å²) in [5.74, 6) is 1.18. The Bertz CT molecular complexity index is 1270. The zero-order valence-corrected chi connectivity index (χ0v) is 19.2. The molecule has 0 aliphatic carbocycles. The van der Waals surface area contributed by atoms with Gasteiger partial charge in [-0.25, -0.2) is 9.79 Å². The van der Waals surface area contributed by atoms with E-state index in [1.807, 2.05) is 32.0 Å². The molecule has 0 amide bonds. The molecule has 0 saturated heterocycles. The Labute approximate surface area is 182 Å². The highest BCUT2D eigenvalue weighted by atomic mass is 16.5. The first-order valence-electron chi connectivity index (χ1n) is 10.00. The number of ether oxygens (including phenoxy) is 2. The van der Waals surface area contributed by atoms with Gasteiger partial charge < -0.3 is 9.47 Å². The number of benzene rings is 2. The van der Waals surface area contributed by atoms with E-state index in [9.17, 15) is 4.79 Å². The zero-order chi connectivity index (χ0) is 22.9. The van der Waals surface area contributed by atoms with E-state index in [4.69, 9.17) is 14.5 Å². The van der Waals surface area contributed by atoms with E-state index in [2.05, 4.69) is 25.6 Å². The quantitative estimate of drug-likeness (QED) is 0.623. The first-order chi connectivity index (χ1) is 14.7. The van der Waals surface area contributed by atoms with E-state index in [0.29, 0.717) is 22.7 Å². The van der Waals surface area contributed by atoms with Gasteiger partial charge in [-0.05, 0) is 49.6 Å². The molecule has 1 aromatic heterocycles. The number of aromatic nitrogens is 2. The highest BCUT2D eigenvalue weighted by Gasteiger charge is 2.15. The first-order valence-corrected chi connectivity index (χ1v) is 10.00. The summed E-state index contributed by atoms with van der Waals surface area (Å²) >= 11 is 0. The van der Waals surface area contributed by atoms with Crippen molar-refractivity contribution in [2.45, 2.75) is 20.8 Å². The van der Waals surface area contributed by atoms with Gasteiger partial charge in [-0.1, -0.05) is 30.4 Å². The van der Waals surface area contributed by atoms with Crippen molar-refractivity contribution in [1.29, 1.82) is 0 Å². The summed E-state index contributed by atoms with van der Waals surface area (Å²) in [5.41, 5.74) is 6.93. The van der Waals surface area contributed by atoms with E-state index in [0.717, 1.165) is 27.9 Å². The van der Waals surface area contributed by atoms with Gasteiger partial charge in [0.2, 0.25) is 0 Å². The maximum Gasteiger partial charge on any atom is 0.329 e. The lowest BCUT2D eigenvalue weighted by atomic mass is 10.0. The van der Waals surface area contributed by atoms with Gasteiger partial charge in [0.05, 0.1) is 25.6 Å². The average Bonchev–Trinajstić information content (AvgIpc) is 2.75. The Morgan fingerprint density at radius 3 is 2.03 bits per heavy atom. The van der Waals surface area contributed by atoms with Crippen LogP contribution in [0.2, 0.25) is 0 Å². The second kappa shape index (κ2) is 8.68. The molecule has 0 N–H and O–H groups in total. The lowest BCUT2D eigenvalue weighted by molar-refractivity contribution is 0.355. The fourth-order valence-electron chi connectivity index (χ4n) is 3.86. The average molecular weight is 420 g/mol. The lowest BCUT2D eigenvalue weighted by Crippen LogP contribution is -2.37. The van der Waals surface area contributed by atoms with Gasteiger partial charge in [-0.3, -0.25) is 9.13 Å². The smallest absolute Gasteiger partial charge is 0.329 e. The van der Waals surface area contributed by atoms with Gasteiger partial charge >= 0.3 is 5.69 Å². The summed E-state index contributed by atoms with van der Waals surface area (Å²) in [5, 5.41) is 0. The van der Waals surface area contributed by atoms with Crippen molar-refractivity contribution in [2.75, 3.05) is 14.2 Å². The highest BCUT2D eigenvalue weighted by molar-refractivity contribution is 5.76. The van der Waals surface area contributed by atoms with E-state index in [1.54, 1.807) is 43.5 Å². The number of hydrogen-bond donors (Lipinski definition) is 0.